The Hall–Kier alpha value is -3.67. The van der Waals surface area contributed by atoms with Gasteiger partial charge in [0.25, 0.3) is 11.5 Å². The first-order chi connectivity index (χ1) is 13.5. The van der Waals surface area contributed by atoms with E-state index in [-0.39, 0.29) is 17.2 Å². The van der Waals surface area contributed by atoms with Crippen LogP contribution in [0.1, 0.15) is 33.2 Å². The van der Waals surface area contributed by atoms with Crippen LogP contribution < -0.4 is 15.6 Å². The van der Waals surface area contributed by atoms with Crippen molar-refractivity contribution in [1.82, 2.24) is 4.57 Å². The largest absolute Gasteiger partial charge is 0.497 e. The maximum atomic E-state index is 12.5. The maximum Gasteiger partial charge on any atom is 0.257 e. The molecule has 0 aliphatic rings. The highest BCUT2D eigenvalue weighted by atomic mass is 16.5. The second kappa shape index (κ2) is 8.35. The lowest BCUT2D eigenvalue weighted by Crippen LogP contribution is -2.22. The van der Waals surface area contributed by atoms with Crippen LogP contribution >= 0.6 is 0 Å². The minimum absolute atomic E-state index is 0.0384. The van der Waals surface area contributed by atoms with Gasteiger partial charge in [-0.3, -0.25) is 14.4 Å². The van der Waals surface area contributed by atoms with Crippen LogP contribution in [0.4, 0.5) is 5.69 Å². The zero-order chi connectivity index (χ0) is 20.1. The number of carbonyl (C=O) groups is 2. The summed E-state index contributed by atoms with van der Waals surface area (Å²) in [5.41, 5.74) is 2.23. The molecule has 0 bridgehead atoms. The summed E-state index contributed by atoms with van der Waals surface area (Å²) in [5.74, 6) is 0.363. The highest BCUT2D eigenvalue weighted by Gasteiger charge is 2.09. The molecule has 1 aromatic heterocycles. The molecule has 0 radical (unpaired) electrons. The number of amides is 1. The highest BCUT2D eigenvalue weighted by Crippen LogP contribution is 2.13. The molecule has 0 saturated carbocycles. The van der Waals surface area contributed by atoms with Crippen LogP contribution in [0.5, 0.6) is 5.75 Å². The molecule has 1 heterocycles. The van der Waals surface area contributed by atoms with Gasteiger partial charge >= 0.3 is 0 Å². The molecule has 0 aliphatic heterocycles. The number of ether oxygens (including phenoxy) is 1. The number of hydrogen-bond donors (Lipinski definition) is 1. The highest BCUT2D eigenvalue weighted by molar-refractivity contribution is 6.04. The molecule has 1 amide bonds. The van der Waals surface area contributed by atoms with Gasteiger partial charge in [-0.05, 0) is 55.0 Å². The SMILES string of the molecule is COc1ccc(Cn2cc(C(=O)Nc3ccc(C(C)=O)cc3)ccc2=O)cc1. The molecule has 1 N–H and O–H groups in total. The third-order valence-corrected chi connectivity index (χ3v) is 4.31. The van der Waals surface area contributed by atoms with Crippen molar-refractivity contribution in [2.45, 2.75) is 13.5 Å². The summed E-state index contributed by atoms with van der Waals surface area (Å²) in [6.45, 7) is 1.83. The number of methoxy groups -OCH3 is 1. The number of pyridine rings is 1. The van der Waals surface area contributed by atoms with Crippen LogP contribution in [0, 0.1) is 0 Å². The Labute approximate surface area is 162 Å². The van der Waals surface area contributed by atoms with E-state index in [2.05, 4.69) is 5.32 Å². The van der Waals surface area contributed by atoms with Gasteiger partial charge in [0.15, 0.2) is 5.78 Å². The molecule has 28 heavy (non-hydrogen) atoms. The minimum atomic E-state index is -0.334. The standard InChI is InChI=1S/C22H20N2O4/c1-15(25)17-5-8-19(9-6-17)23-22(27)18-7-12-21(26)24(14-18)13-16-3-10-20(28-2)11-4-16/h3-12,14H,13H2,1-2H3,(H,23,27). The van der Waals surface area contributed by atoms with Gasteiger partial charge in [-0.1, -0.05) is 12.1 Å². The second-order valence-corrected chi connectivity index (χ2v) is 6.32. The predicted molar refractivity (Wildman–Crippen MR) is 107 cm³/mol. The van der Waals surface area contributed by atoms with Gasteiger partial charge in [-0.2, -0.15) is 0 Å². The molecule has 6 nitrogen and oxygen atoms in total. The molecule has 0 unspecified atom stereocenters. The zero-order valence-electron chi connectivity index (χ0n) is 15.6. The van der Waals surface area contributed by atoms with E-state index < -0.39 is 0 Å². The maximum absolute atomic E-state index is 12.5. The number of aromatic nitrogens is 1. The number of hydrogen-bond acceptors (Lipinski definition) is 4. The van der Waals surface area contributed by atoms with E-state index in [0.29, 0.717) is 23.4 Å². The lowest BCUT2D eigenvalue weighted by molar-refractivity contribution is 0.101. The summed E-state index contributed by atoms with van der Waals surface area (Å²) in [6.07, 6.45) is 1.53. The van der Waals surface area contributed by atoms with Crippen molar-refractivity contribution in [3.8, 4) is 5.75 Å². The van der Waals surface area contributed by atoms with Crippen molar-refractivity contribution in [2.24, 2.45) is 0 Å². The van der Waals surface area contributed by atoms with Gasteiger partial charge in [0.1, 0.15) is 5.75 Å². The lowest BCUT2D eigenvalue weighted by Gasteiger charge is -2.10. The first kappa shape index (κ1) is 19.1. The first-order valence-corrected chi connectivity index (χ1v) is 8.72. The average Bonchev–Trinajstić information content (AvgIpc) is 2.70. The van der Waals surface area contributed by atoms with Crippen LogP contribution in [-0.4, -0.2) is 23.4 Å². The van der Waals surface area contributed by atoms with Gasteiger partial charge in [-0.25, -0.2) is 0 Å². The zero-order valence-corrected chi connectivity index (χ0v) is 15.6. The van der Waals surface area contributed by atoms with Crippen molar-refractivity contribution in [2.75, 3.05) is 12.4 Å². The molecule has 0 spiro atoms. The van der Waals surface area contributed by atoms with Crippen LogP contribution in [-0.2, 0) is 6.54 Å². The van der Waals surface area contributed by atoms with E-state index in [1.807, 2.05) is 24.3 Å². The normalized spacial score (nSPS) is 10.4. The van der Waals surface area contributed by atoms with Crippen molar-refractivity contribution in [1.29, 1.82) is 0 Å². The van der Waals surface area contributed by atoms with Gasteiger partial charge in [0.2, 0.25) is 0 Å². The van der Waals surface area contributed by atoms with Crippen LogP contribution in [0.25, 0.3) is 0 Å². The quantitative estimate of drug-likeness (QED) is 0.669. The summed E-state index contributed by atoms with van der Waals surface area (Å²) in [6, 6.07) is 16.9. The van der Waals surface area contributed by atoms with E-state index in [0.717, 1.165) is 11.3 Å². The average molecular weight is 376 g/mol. The van der Waals surface area contributed by atoms with E-state index in [9.17, 15) is 14.4 Å². The molecule has 2 aromatic carbocycles. The molecule has 0 fully saturated rings. The van der Waals surface area contributed by atoms with E-state index >= 15 is 0 Å². The third-order valence-electron chi connectivity index (χ3n) is 4.31. The summed E-state index contributed by atoms with van der Waals surface area (Å²) >= 11 is 0. The Balaban J connectivity index is 1.76. The summed E-state index contributed by atoms with van der Waals surface area (Å²) in [4.78, 5) is 36.0. The van der Waals surface area contributed by atoms with Crippen LogP contribution in [0.3, 0.4) is 0 Å². The topological polar surface area (TPSA) is 77.4 Å². The second-order valence-electron chi connectivity index (χ2n) is 6.32. The Bertz CT molecular complexity index is 1050. The van der Waals surface area contributed by atoms with Crippen molar-refractivity contribution >= 4 is 17.4 Å². The number of carbonyl (C=O) groups excluding carboxylic acids is 2. The number of ketones is 1. The molecular formula is C22H20N2O4. The molecular weight excluding hydrogens is 356 g/mol. The Morgan fingerprint density at radius 2 is 1.57 bits per heavy atom. The number of benzene rings is 2. The van der Waals surface area contributed by atoms with Gasteiger partial charge < -0.3 is 14.6 Å². The number of Topliss-reactive ketones (excluding diaryl/α,β-unsaturated/α-hetero) is 1. The van der Waals surface area contributed by atoms with Crippen molar-refractivity contribution in [3.05, 3.63) is 93.9 Å². The third kappa shape index (κ3) is 4.54. The van der Waals surface area contributed by atoms with Crippen molar-refractivity contribution < 1.29 is 14.3 Å². The Morgan fingerprint density at radius 3 is 2.18 bits per heavy atom. The molecule has 6 heteroatoms. The smallest absolute Gasteiger partial charge is 0.257 e. The number of nitrogens with one attached hydrogen (secondary N) is 1. The summed E-state index contributed by atoms with van der Waals surface area (Å²) in [7, 11) is 1.59. The molecule has 0 aliphatic carbocycles. The van der Waals surface area contributed by atoms with Gasteiger partial charge in [-0.15, -0.1) is 0 Å². The fourth-order valence-corrected chi connectivity index (χ4v) is 2.71. The summed E-state index contributed by atoms with van der Waals surface area (Å²) in [5, 5.41) is 2.77. The van der Waals surface area contributed by atoms with E-state index in [4.69, 9.17) is 4.74 Å². The summed E-state index contributed by atoms with van der Waals surface area (Å²) < 4.78 is 6.61. The minimum Gasteiger partial charge on any atom is -0.497 e. The fourth-order valence-electron chi connectivity index (χ4n) is 2.71. The number of rotatable bonds is 6. The predicted octanol–water partition coefficient (Wildman–Crippen LogP) is 3.36. The monoisotopic (exact) mass is 376 g/mol. The van der Waals surface area contributed by atoms with Crippen LogP contribution in [0.15, 0.2) is 71.7 Å². The molecule has 142 valence electrons. The Morgan fingerprint density at radius 1 is 0.929 bits per heavy atom. The van der Waals surface area contributed by atoms with Gasteiger partial charge in [0.05, 0.1) is 19.2 Å². The van der Waals surface area contributed by atoms with E-state index in [1.165, 1.54) is 29.8 Å². The van der Waals surface area contributed by atoms with E-state index in [1.54, 1.807) is 31.4 Å². The molecule has 3 rings (SSSR count). The van der Waals surface area contributed by atoms with Gasteiger partial charge in [0, 0.05) is 23.5 Å². The fraction of sp³-hybridized carbons (Fsp3) is 0.136. The van der Waals surface area contributed by atoms with Crippen molar-refractivity contribution in [3.63, 3.8) is 0 Å². The first-order valence-electron chi connectivity index (χ1n) is 8.72. The lowest BCUT2D eigenvalue weighted by atomic mass is 10.1. The molecule has 0 saturated heterocycles. The molecule has 3 aromatic rings. The molecule has 0 atom stereocenters. The van der Waals surface area contributed by atoms with Crippen LogP contribution in [0.2, 0.25) is 0 Å². The number of anilines is 1. The number of nitrogens with zero attached hydrogens (tertiary/aromatic N) is 1. The Kier molecular flexibility index (Phi) is 5.69.